The van der Waals surface area contributed by atoms with Gasteiger partial charge < -0.3 is 8.83 Å². The predicted molar refractivity (Wildman–Crippen MR) is 103 cm³/mol. The van der Waals surface area contributed by atoms with Crippen molar-refractivity contribution in [1.29, 1.82) is 0 Å². The summed E-state index contributed by atoms with van der Waals surface area (Å²) in [5.41, 5.74) is 10.1. The molecule has 0 radical (unpaired) electrons. The molecule has 30 heavy (non-hydrogen) atoms. The van der Waals surface area contributed by atoms with Gasteiger partial charge in [-0.05, 0) is 50.2 Å². The Bertz CT molecular complexity index is 1010. The molecule has 0 saturated heterocycles. The Labute approximate surface area is 170 Å². The van der Waals surface area contributed by atoms with Gasteiger partial charge in [-0.15, -0.1) is 0 Å². The minimum Gasteiger partial charge on any atom is -0.469 e. The molecule has 0 aliphatic rings. The first-order chi connectivity index (χ1) is 14.4. The van der Waals surface area contributed by atoms with Gasteiger partial charge in [0.2, 0.25) is 0 Å². The highest BCUT2D eigenvalue weighted by Gasteiger charge is 2.15. The smallest absolute Gasteiger partial charge is 0.273 e. The topological polar surface area (TPSA) is 143 Å². The first-order valence-corrected chi connectivity index (χ1v) is 8.76. The molecule has 3 rings (SSSR count). The molecule has 0 bridgehead atoms. The number of furan rings is 2. The summed E-state index contributed by atoms with van der Waals surface area (Å²) >= 11 is 0. The third kappa shape index (κ3) is 4.55. The number of carbonyl (C=O) groups is 4. The molecule has 4 amide bonds. The molecular weight excluding hydrogens is 392 g/mol. The van der Waals surface area contributed by atoms with Crippen molar-refractivity contribution in [2.75, 3.05) is 0 Å². The minimum atomic E-state index is -0.569. The van der Waals surface area contributed by atoms with E-state index in [2.05, 4.69) is 21.7 Å². The molecule has 0 atom stereocenters. The number of amides is 4. The van der Waals surface area contributed by atoms with Crippen LogP contribution in [0.4, 0.5) is 0 Å². The number of aryl methyl sites for hydroxylation is 2. The summed E-state index contributed by atoms with van der Waals surface area (Å²) in [4.78, 5) is 48.2. The number of hydrogen-bond acceptors (Lipinski definition) is 6. The Kier molecular flexibility index (Phi) is 5.97. The van der Waals surface area contributed by atoms with Crippen LogP contribution in [-0.4, -0.2) is 23.6 Å². The van der Waals surface area contributed by atoms with E-state index in [9.17, 15) is 19.2 Å². The van der Waals surface area contributed by atoms with Crippen LogP contribution in [0.25, 0.3) is 0 Å². The molecule has 0 aliphatic heterocycles. The summed E-state index contributed by atoms with van der Waals surface area (Å²) in [6.45, 7) is 3.25. The van der Waals surface area contributed by atoms with Crippen molar-refractivity contribution in [1.82, 2.24) is 21.7 Å². The van der Waals surface area contributed by atoms with Gasteiger partial charge in [-0.2, -0.15) is 0 Å². The first-order valence-electron chi connectivity index (χ1n) is 8.76. The molecule has 0 unspecified atom stereocenters. The van der Waals surface area contributed by atoms with Gasteiger partial charge in [0.25, 0.3) is 23.6 Å². The van der Waals surface area contributed by atoms with Crippen LogP contribution in [0.5, 0.6) is 0 Å². The van der Waals surface area contributed by atoms with Crippen molar-refractivity contribution in [3.05, 3.63) is 82.7 Å². The molecule has 2 aromatic heterocycles. The van der Waals surface area contributed by atoms with Crippen LogP contribution < -0.4 is 21.7 Å². The summed E-state index contributed by atoms with van der Waals surface area (Å²) < 4.78 is 10.1. The quantitative estimate of drug-likeness (QED) is 0.482. The average molecular weight is 410 g/mol. The zero-order chi connectivity index (χ0) is 21.7. The second-order valence-corrected chi connectivity index (χ2v) is 6.17. The Morgan fingerprint density at radius 1 is 0.567 bits per heavy atom. The van der Waals surface area contributed by atoms with E-state index in [0.29, 0.717) is 22.6 Å². The maximum atomic E-state index is 12.1. The molecule has 4 N–H and O–H groups in total. The average Bonchev–Trinajstić information content (AvgIpc) is 3.37. The zero-order valence-corrected chi connectivity index (χ0v) is 16.1. The van der Waals surface area contributed by atoms with E-state index in [4.69, 9.17) is 8.83 Å². The number of carbonyl (C=O) groups excluding carboxylic acids is 4. The lowest BCUT2D eigenvalue weighted by Gasteiger charge is -2.09. The van der Waals surface area contributed by atoms with Crippen LogP contribution in [0.2, 0.25) is 0 Å². The van der Waals surface area contributed by atoms with Gasteiger partial charge >= 0.3 is 0 Å². The second kappa shape index (κ2) is 8.78. The Balaban J connectivity index is 1.52. The lowest BCUT2D eigenvalue weighted by Crippen LogP contribution is -2.42. The van der Waals surface area contributed by atoms with E-state index in [1.807, 2.05) is 0 Å². The molecule has 10 heteroatoms. The number of rotatable bonds is 4. The van der Waals surface area contributed by atoms with Gasteiger partial charge in [-0.25, -0.2) is 0 Å². The molecule has 1 aromatic carbocycles. The third-order valence-electron chi connectivity index (χ3n) is 4.20. The molecule has 154 valence electrons. The Hall–Kier alpha value is -4.34. The Morgan fingerprint density at radius 2 is 0.900 bits per heavy atom. The summed E-state index contributed by atoms with van der Waals surface area (Å²) in [5, 5.41) is 0. The molecule has 0 fully saturated rings. The van der Waals surface area contributed by atoms with Crippen LogP contribution in [0.1, 0.15) is 53.0 Å². The van der Waals surface area contributed by atoms with Gasteiger partial charge in [-0.3, -0.25) is 40.9 Å². The van der Waals surface area contributed by atoms with Crippen LogP contribution in [-0.2, 0) is 0 Å². The lowest BCUT2D eigenvalue weighted by atomic mass is 10.1. The lowest BCUT2D eigenvalue weighted by molar-refractivity contribution is 0.0843. The molecule has 0 aliphatic carbocycles. The molecule has 0 saturated carbocycles. The van der Waals surface area contributed by atoms with Crippen LogP contribution in [0.15, 0.2) is 57.8 Å². The molecule has 10 nitrogen and oxygen atoms in total. The summed E-state index contributed by atoms with van der Waals surface area (Å²) in [7, 11) is 0. The van der Waals surface area contributed by atoms with E-state index in [1.165, 1.54) is 48.9 Å². The van der Waals surface area contributed by atoms with Crippen molar-refractivity contribution < 1.29 is 28.0 Å². The van der Waals surface area contributed by atoms with Crippen molar-refractivity contribution in [3.8, 4) is 0 Å². The number of hydrazine groups is 2. The largest absolute Gasteiger partial charge is 0.469 e. The zero-order valence-electron chi connectivity index (χ0n) is 16.1. The normalized spacial score (nSPS) is 10.2. The van der Waals surface area contributed by atoms with E-state index < -0.39 is 23.6 Å². The van der Waals surface area contributed by atoms with Crippen LogP contribution >= 0.6 is 0 Å². The summed E-state index contributed by atoms with van der Waals surface area (Å²) in [5.74, 6) is -1.33. The molecule has 0 spiro atoms. The van der Waals surface area contributed by atoms with E-state index in [1.54, 1.807) is 13.8 Å². The van der Waals surface area contributed by atoms with Gasteiger partial charge in [0, 0.05) is 11.1 Å². The number of benzene rings is 1. The van der Waals surface area contributed by atoms with Gasteiger partial charge in [0.15, 0.2) is 0 Å². The number of hydrogen-bond donors (Lipinski definition) is 4. The van der Waals surface area contributed by atoms with E-state index in [0.717, 1.165) is 0 Å². The minimum absolute atomic E-state index is 0.217. The molecule has 3 aromatic rings. The SMILES string of the molecule is Cc1occc1C(=O)NNC(=O)c1ccc(C(=O)NNC(=O)c2ccoc2C)cc1. The fourth-order valence-corrected chi connectivity index (χ4v) is 2.52. The Morgan fingerprint density at radius 3 is 1.20 bits per heavy atom. The summed E-state index contributed by atoms with van der Waals surface area (Å²) in [6.07, 6.45) is 2.74. The van der Waals surface area contributed by atoms with Crippen LogP contribution in [0, 0.1) is 13.8 Å². The fourth-order valence-electron chi connectivity index (χ4n) is 2.52. The highest BCUT2D eigenvalue weighted by Crippen LogP contribution is 2.09. The second-order valence-electron chi connectivity index (χ2n) is 6.17. The monoisotopic (exact) mass is 410 g/mol. The highest BCUT2D eigenvalue weighted by molar-refractivity contribution is 6.01. The standard InChI is InChI=1S/C20H18N4O6/c1-11-15(7-9-29-11)19(27)23-21-17(25)13-3-5-14(6-4-13)18(26)22-24-20(28)16-8-10-30-12(16)2/h3-10H,1-2H3,(H,21,25)(H,22,26)(H,23,27)(H,24,28). The van der Waals surface area contributed by atoms with E-state index in [-0.39, 0.29) is 11.1 Å². The molecular formula is C20H18N4O6. The maximum absolute atomic E-state index is 12.1. The predicted octanol–water partition coefficient (Wildman–Crippen LogP) is 1.64. The van der Waals surface area contributed by atoms with Crippen LogP contribution in [0.3, 0.4) is 0 Å². The van der Waals surface area contributed by atoms with Gasteiger partial charge in [0.05, 0.1) is 23.7 Å². The van der Waals surface area contributed by atoms with Crippen molar-refractivity contribution in [3.63, 3.8) is 0 Å². The number of nitrogens with one attached hydrogen (secondary N) is 4. The highest BCUT2D eigenvalue weighted by atomic mass is 16.3. The van der Waals surface area contributed by atoms with Gasteiger partial charge in [0.1, 0.15) is 11.5 Å². The third-order valence-corrected chi connectivity index (χ3v) is 4.20. The molecule has 2 heterocycles. The van der Waals surface area contributed by atoms with Crippen molar-refractivity contribution in [2.45, 2.75) is 13.8 Å². The van der Waals surface area contributed by atoms with Crippen molar-refractivity contribution in [2.24, 2.45) is 0 Å². The first kappa shape index (κ1) is 20.4. The van der Waals surface area contributed by atoms with E-state index >= 15 is 0 Å². The van der Waals surface area contributed by atoms with Gasteiger partial charge in [-0.1, -0.05) is 0 Å². The maximum Gasteiger partial charge on any atom is 0.273 e. The van der Waals surface area contributed by atoms with Crippen molar-refractivity contribution >= 4 is 23.6 Å². The fraction of sp³-hybridized carbons (Fsp3) is 0.100. The summed E-state index contributed by atoms with van der Waals surface area (Å²) in [6, 6.07) is 8.58.